The van der Waals surface area contributed by atoms with Gasteiger partial charge in [0.15, 0.2) is 0 Å². The van der Waals surface area contributed by atoms with E-state index in [9.17, 15) is 0 Å². The highest BCUT2D eigenvalue weighted by Crippen LogP contribution is 2.38. The fourth-order valence-electron chi connectivity index (χ4n) is 2.72. The number of nitrogens with zero attached hydrogens (tertiary/aromatic N) is 2. The second-order valence-electron chi connectivity index (χ2n) is 5.52. The van der Waals surface area contributed by atoms with E-state index in [-0.39, 0.29) is 6.04 Å². The minimum Gasteiger partial charge on any atom is -0.376 e. The first-order chi connectivity index (χ1) is 10.3. The summed E-state index contributed by atoms with van der Waals surface area (Å²) < 4.78 is 0. The van der Waals surface area contributed by atoms with Crippen LogP contribution in [0, 0.1) is 0 Å². The summed E-state index contributed by atoms with van der Waals surface area (Å²) in [7, 11) is 0. The third-order valence-corrected chi connectivity index (χ3v) is 5.30. The highest BCUT2D eigenvalue weighted by atomic mass is 32.2. The van der Waals surface area contributed by atoms with Crippen LogP contribution in [0.2, 0.25) is 0 Å². The molecule has 1 aromatic heterocycles. The maximum Gasteiger partial charge on any atom is 0.0806 e. The molecule has 1 unspecified atom stereocenters. The molecule has 0 saturated heterocycles. The molecule has 1 aliphatic carbocycles. The number of thioether (sulfide) groups is 1. The predicted molar refractivity (Wildman–Crippen MR) is 88.6 cm³/mol. The van der Waals surface area contributed by atoms with Crippen molar-refractivity contribution in [2.45, 2.75) is 48.8 Å². The third kappa shape index (κ3) is 3.76. The molecule has 1 atom stereocenters. The lowest BCUT2D eigenvalue weighted by Crippen LogP contribution is -2.09. The molecule has 3 rings (SSSR count). The molecule has 1 saturated carbocycles. The average molecular weight is 299 g/mol. The Bertz CT molecular complexity index is 567. The summed E-state index contributed by atoms with van der Waals surface area (Å²) in [4.78, 5) is 9.87. The van der Waals surface area contributed by atoms with Gasteiger partial charge in [-0.2, -0.15) is 0 Å². The van der Waals surface area contributed by atoms with Crippen molar-refractivity contribution in [3.8, 4) is 0 Å². The molecule has 0 bridgehead atoms. The predicted octanol–water partition coefficient (Wildman–Crippen LogP) is 4.68. The van der Waals surface area contributed by atoms with E-state index in [1.165, 1.54) is 36.3 Å². The van der Waals surface area contributed by atoms with E-state index in [2.05, 4.69) is 46.5 Å². The highest BCUT2D eigenvalue weighted by molar-refractivity contribution is 8.00. The second kappa shape index (κ2) is 6.94. The van der Waals surface area contributed by atoms with E-state index < -0.39 is 0 Å². The summed E-state index contributed by atoms with van der Waals surface area (Å²) in [5.74, 6) is 0. The van der Waals surface area contributed by atoms with Crippen LogP contribution in [0.4, 0.5) is 5.69 Å². The fourth-order valence-corrected chi connectivity index (χ4v) is 4.06. The first-order valence-electron chi connectivity index (χ1n) is 7.61. The van der Waals surface area contributed by atoms with Crippen LogP contribution in [0.1, 0.15) is 44.3 Å². The Morgan fingerprint density at radius 3 is 2.76 bits per heavy atom. The molecule has 1 heterocycles. The van der Waals surface area contributed by atoms with Crippen LogP contribution in [0.15, 0.2) is 47.8 Å². The SMILES string of the molecule is CC(Nc1ccccc1SC1CCCC1)c1cnccn1. The van der Waals surface area contributed by atoms with Crippen LogP contribution in [0.3, 0.4) is 0 Å². The zero-order valence-electron chi connectivity index (χ0n) is 12.3. The molecule has 0 amide bonds. The number of para-hydroxylation sites is 1. The van der Waals surface area contributed by atoms with Crippen molar-refractivity contribution in [2.24, 2.45) is 0 Å². The van der Waals surface area contributed by atoms with Crippen LogP contribution in [-0.4, -0.2) is 15.2 Å². The largest absolute Gasteiger partial charge is 0.376 e. The number of anilines is 1. The maximum absolute atomic E-state index is 4.38. The van der Waals surface area contributed by atoms with Gasteiger partial charge in [-0.15, -0.1) is 11.8 Å². The molecule has 2 aromatic rings. The Hall–Kier alpha value is -1.55. The van der Waals surface area contributed by atoms with Gasteiger partial charge in [0.05, 0.1) is 17.9 Å². The normalized spacial score (nSPS) is 16.8. The molecule has 1 aromatic carbocycles. The quantitative estimate of drug-likeness (QED) is 0.869. The van der Waals surface area contributed by atoms with Crippen LogP contribution >= 0.6 is 11.8 Å². The number of benzene rings is 1. The Balaban J connectivity index is 1.72. The van der Waals surface area contributed by atoms with Gasteiger partial charge in [-0.25, -0.2) is 0 Å². The molecular formula is C17H21N3S. The van der Waals surface area contributed by atoms with E-state index in [4.69, 9.17) is 0 Å². The number of hydrogen-bond donors (Lipinski definition) is 1. The van der Waals surface area contributed by atoms with E-state index >= 15 is 0 Å². The van der Waals surface area contributed by atoms with Crippen LogP contribution in [-0.2, 0) is 0 Å². The standard InChI is InChI=1S/C17H21N3S/c1-13(16-12-18-10-11-19-16)20-15-8-4-5-9-17(15)21-14-6-2-3-7-14/h4-5,8-14,20H,2-3,6-7H2,1H3. The molecule has 1 aliphatic rings. The van der Waals surface area contributed by atoms with Gasteiger partial charge in [-0.1, -0.05) is 25.0 Å². The van der Waals surface area contributed by atoms with Crippen molar-refractivity contribution in [1.29, 1.82) is 0 Å². The Morgan fingerprint density at radius 2 is 2.00 bits per heavy atom. The van der Waals surface area contributed by atoms with Gasteiger partial charge in [0.25, 0.3) is 0 Å². The van der Waals surface area contributed by atoms with E-state index in [1.54, 1.807) is 12.4 Å². The van der Waals surface area contributed by atoms with Crippen molar-refractivity contribution in [3.05, 3.63) is 48.5 Å². The van der Waals surface area contributed by atoms with Crippen LogP contribution in [0.5, 0.6) is 0 Å². The lowest BCUT2D eigenvalue weighted by atomic mass is 10.2. The lowest BCUT2D eigenvalue weighted by molar-refractivity contribution is 0.823. The Morgan fingerprint density at radius 1 is 1.19 bits per heavy atom. The van der Waals surface area contributed by atoms with E-state index in [1.807, 2.05) is 18.0 Å². The van der Waals surface area contributed by atoms with Crippen molar-refractivity contribution in [2.75, 3.05) is 5.32 Å². The number of rotatable bonds is 5. The molecule has 1 fully saturated rings. The Labute approximate surface area is 130 Å². The van der Waals surface area contributed by atoms with Crippen molar-refractivity contribution >= 4 is 17.4 Å². The molecular weight excluding hydrogens is 278 g/mol. The minimum atomic E-state index is 0.157. The molecule has 0 aliphatic heterocycles. The van der Waals surface area contributed by atoms with Gasteiger partial charge < -0.3 is 5.32 Å². The molecule has 0 spiro atoms. The average Bonchev–Trinajstić information content (AvgIpc) is 3.03. The summed E-state index contributed by atoms with van der Waals surface area (Å²) in [6.45, 7) is 2.13. The summed E-state index contributed by atoms with van der Waals surface area (Å²) >= 11 is 2.02. The molecule has 110 valence electrons. The minimum absolute atomic E-state index is 0.157. The zero-order chi connectivity index (χ0) is 14.5. The van der Waals surface area contributed by atoms with Crippen LogP contribution in [0.25, 0.3) is 0 Å². The number of aromatic nitrogens is 2. The fraction of sp³-hybridized carbons (Fsp3) is 0.412. The number of hydrogen-bond acceptors (Lipinski definition) is 4. The number of nitrogens with one attached hydrogen (secondary N) is 1. The highest BCUT2D eigenvalue weighted by Gasteiger charge is 2.18. The smallest absolute Gasteiger partial charge is 0.0806 e. The molecule has 1 N–H and O–H groups in total. The summed E-state index contributed by atoms with van der Waals surface area (Å²) in [6, 6.07) is 8.74. The molecule has 4 heteroatoms. The van der Waals surface area contributed by atoms with Crippen LogP contribution < -0.4 is 5.32 Å². The topological polar surface area (TPSA) is 37.8 Å². The van der Waals surface area contributed by atoms with E-state index in [0.29, 0.717) is 0 Å². The monoisotopic (exact) mass is 299 g/mol. The second-order valence-corrected chi connectivity index (χ2v) is 6.86. The molecule has 3 nitrogen and oxygen atoms in total. The summed E-state index contributed by atoms with van der Waals surface area (Å²) in [5.41, 5.74) is 2.17. The van der Waals surface area contributed by atoms with Crippen molar-refractivity contribution in [3.63, 3.8) is 0 Å². The van der Waals surface area contributed by atoms with Gasteiger partial charge in [0.1, 0.15) is 0 Å². The summed E-state index contributed by atoms with van der Waals surface area (Å²) in [6.07, 6.45) is 10.7. The van der Waals surface area contributed by atoms with Gasteiger partial charge in [-0.05, 0) is 31.9 Å². The van der Waals surface area contributed by atoms with Gasteiger partial charge in [0, 0.05) is 28.2 Å². The molecule has 21 heavy (non-hydrogen) atoms. The van der Waals surface area contributed by atoms with Crippen molar-refractivity contribution < 1.29 is 0 Å². The summed E-state index contributed by atoms with van der Waals surface area (Å²) in [5, 5.41) is 4.35. The zero-order valence-corrected chi connectivity index (χ0v) is 13.1. The van der Waals surface area contributed by atoms with Crippen molar-refractivity contribution in [1.82, 2.24) is 9.97 Å². The third-order valence-electron chi connectivity index (χ3n) is 3.88. The van der Waals surface area contributed by atoms with Gasteiger partial charge in [0.2, 0.25) is 0 Å². The maximum atomic E-state index is 4.38. The molecule has 0 radical (unpaired) electrons. The van der Waals surface area contributed by atoms with E-state index in [0.717, 1.165) is 10.9 Å². The van der Waals surface area contributed by atoms with Gasteiger partial charge >= 0.3 is 0 Å². The first-order valence-corrected chi connectivity index (χ1v) is 8.49. The lowest BCUT2D eigenvalue weighted by Gasteiger charge is -2.18. The first kappa shape index (κ1) is 14.4. The van der Waals surface area contributed by atoms with Gasteiger partial charge in [-0.3, -0.25) is 9.97 Å². The Kier molecular flexibility index (Phi) is 4.76.